The number of nitrogens with zero attached hydrogens (tertiary/aromatic N) is 1. The van der Waals surface area contributed by atoms with E-state index in [9.17, 15) is 4.79 Å². The van der Waals surface area contributed by atoms with Crippen molar-refractivity contribution < 1.29 is 9.53 Å². The largest absolute Gasteiger partial charge is 0.494 e. The molecule has 0 radical (unpaired) electrons. The number of urea groups is 1. The number of carbonyl (C=O) groups excluding carboxylic acids is 1. The highest BCUT2D eigenvalue weighted by Gasteiger charge is 2.15. The first kappa shape index (κ1) is 19.8. The number of aliphatic imine (C=N–C) groups is 1. The van der Waals surface area contributed by atoms with Gasteiger partial charge in [-0.3, -0.25) is 10.3 Å². The third-order valence-electron chi connectivity index (χ3n) is 3.52. The van der Waals surface area contributed by atoms with E-state index in [-0.39, 0.29) is 6.03 Å². The van der Waals surface area contributed by atoms with Crippen LogP contribution in [0.4, 0.5) is 10.5 Å². The molecule has 0 saturated carbocycles. The minimum atomic E-state index is -0.304. The summed E-state index contributed by atoms with van der Waals surface area (Å²) in [6.45, 7) is 11.9. The Morgan fingerprint density at radius 3 is 2.42 bits per heavy atom. The van der Waals surface area contributed by atoms with Gasteiger partial charge in [0.1, 0.15) is 5.75 Å². The zero-order chi connectivity index (χ0) is 17.9. The second kappa shape index (κ2) is 10.5. The predicted octanol–water partition coefficient (Wildman–Crippen LogP) is 3.32. The van der Waals surface area contributed by atoms with E-state index < -0.39 is 0 Å². The first-order valence-corrected chi connectivity index (χ1v) is 8.74. The van der Waals surface area contributed by atoms with Crippen molar-refractivity contribution in [3.05, 3.63) is 23.3 Å². The minimum Gasteiger partial charge on any atom is -0.494 e. The Morgan fingerprint density at radius 2 is 1.88 bits per heavy atom. The van der Waals surface area contributed by atoms with Crippen LogP contribution < -0.4 is 20.7 Å². The molecule has 0 fully saturated rings. The third-order valence-corrected chi connectivity index (χ3v) is 3.52. The highest BCUT2D eigenvalue weighted by Crippen LogP contribution is 2.31. The van der Waals surface area contributed by atoms with Crippen LogP contribution in [0, 0.1) is 0 Å². The quantitative estimate of drug-likeness (QED) is 0.529. The van der Waals surface area contributed by atoms with E-state index in [1.165, 1.54) is 0 Å². The van der Waals surface area contributed by atoms with E-state index in [2.05, 4.69) is 34.8 Å². The monoisotopic (exact) mass is 334 g/mol. The molecule has 2 amide bonds. The van der Waals surface area contributed by atoms with Crippen LogP contribution in [0.3, 0.4) is 0 Å². The molecule has 6 heteroatoms. The molecule has 0 saturated heterocycles. The number of guanidine groups is 1. The summed E-state index contributed by atoms with van der Waals surface area (Å²) < 4.78 is 5.70. The summed E-state index contributed by atoms with van der Waals surface area (Å²) in [4.78, 5) is 16.6. The number of carbonyl (C=O) groups is 1. The number of aryl methyl sites for hydroxylation is 1. The molecule has 0 aliphatic heterocycles. The van der Waals surface area contributed by atoms with Crippen molar-refractivity contribution in [2.24, 2.45) is 4.99 Å². The molecule has 1 aromatic carbocycles. The summed E-state index contributed by atoms with van der Waals surface area (Å²) in [5.74, 6) is 1.30. The van der Waals surface area contributed by atoms with Gasteiger partial charge in [-0.05, 0) is 45.2 Å². The van der Waals surface area contributed by atoms with E-state index in [0.717, 1.165) is 35.4 Å². The molecule has 0 aliphatic carbocycles. The van der Waals surface area contributed by atoms with Gasteiger partial charge in [-0.15, -0.1) is 0 Å². The summed E-state index contributed by atoms with van der Waals surface area (Å²) in [7, 11) is 0. The maximum absolute atomic E-state index is 12.4. The van der Waals surface area contributed by atoms with Crippen LogP contribution in [0.15, 0.2) is 17.1 Å². The minimum absolute atomic E-state index is 0.304. The molecule has 0 aliphatic rings. The summed E-state index contributed by atoms with van der Waals surface area (Å²) >= 11 is 0. The highest BCUT2D eigenvalue weighted by atomic mass is 16.5. The lowest BCUT2D eigenvalue weighted by Gasteiger charge is -2.19. The third kappa shape index (κ3) is 5.44. The molecular formula is C18H30N4O2. The number of rotatable bonds is 7. The van der Waals surface area contributed by atoms with Gasteiger partial charge in [0.2, 0.25) is 0 Å². The molecule has 1 aromatic rings. The van der Waals surface area contributed by atoms with Crippen molar-refractivity contribution in [3.63, 3.8) is 0 Å². The summed E-state index contributed by atoms with van der Waals surface area (Å²) in [5, 5.41) is 8.79. The van der Waals surface area contributed by atoms with Crippen molar-refractivity contribution in [2.45, 2.75) is 47.5 Å². The van der Waals surface area contributed by atoms with Gasteiger partial charge in [-0.2, -0.15) is 0 Å². The number of anilines is 1. The van der Waals surface area contributed by atoms with Crippen molar-refractivity contribution in [1.82, 2.24) is 10.6 Å². The normalized spacial score (nSPS) is 11.1. The number of amides is 2. The van der Waals surface area contributed by atoms with Gasteiger partial charge in [0.25, 0.3) is 0 Å². The smallest absolute Gasteiger partial charge is 0.326 e. The van der Waals surface area contributed by atoms with E-state index in [1.54, 1.807) is 0 Å². The van der Waals surface area contributed by atoms with E-state index >= 15 is 0 Å². The van der Waals surface area contributed by atoms with Crippen molar-refractivity contribution >= 4 is 17.7 Å². The lowest BCUT2D eigenvalue weighted by atomic mass is 10.0. The maximum Gasteiger partial charge on any atom is 0.326 e. The Kier molecular flexibility index (Phi) is 8.68. The first-order chi connectivity index (χ1) is 11.6. The van der Waals surface area contributed by atoms with Gasteiger partial charge < -0.3 is 15.4 Å². The molecule has 6 nitrogen and oxygen atoms in total. The molecular weight excluding hydrogens is 304 g/mol. The fourth-order valence-electron chi connectivity index (χ4n) is 2.49. The molecule has 24 heavy (non-hydrogen) atoms. The second-order valence-electron chi connectivity index (χ2n) is 5.15. The van der Waals surface area contributed by atoms with E-state index in [4.69, 9.17) is 4.74 Å². The van der Waals surface area contributed by atoms with Crippen LogP contribution in [-0.2, 0) is 12.8 Å². The zero-order valence-corrected chi connectivity index (χ0v) is 15.5. The van der Waals surface area contributed by atoms with Gasteiger partial charge in [0, 0.05) is 18.7 Å². The Balaban J connectivity index is 3.05. The highest BCUT2D eigenvalue weighted by molar-refractivity contribution is 6.03. The Labute approximate surface area is 145 Å². The Morgan fingerprint density at radius 1 is 1.12 bits per heavy atom. The lowest BCUT2D eigenvalue weighted by Crippen LogP contribution is -2.43. The molecule has 0 spiro atoms. The van der Waals surface area contributed by atoms with Crippen molar-refractivity contribution in [2.75, 3.05) is 25.0 Å². The zero-order valence-electron chi connectivity index (χ0n) is 15.5. The summed E-state index contributed by atoms with van der Waals surface area (Å²) in [6, 6.07) is 3.68. The Hall–Kier alpha value is -2.24. The molecule has 0 unspecified atom stereocenters. The fraction of sp³-hybridized carbons (Fsp3) is 0.556. The average molecular weight is 334 g/mol. The number of benzene rings is 1. The average Bonchev–Trinajstić information content (AvgIpc) is 2.56. The molecule has 0 aromatic heterocycles. The van der Waals surface area contributed by atoms with Crippen molar-refractivity contribution in [3.8, 4) is 5.75 Å². The van der Waals surface area contributed by atoms with Crippen LogP contribution in [0.1, 0.15) is 45.7 Å². The second-order valence-corrected chi connectivity index (χ2v) is 5.15. The van der Waals surface area contributed by atoms with E-state index in [1.807, 2.05) is 32.9 Å². The summed E-state index contributed by atoms with van der Waals surface area (Å²) in [5.41, 5.74) is 2.93. The van der Waals surface area contributed by atoms with Crippen LogP contribution in [0.25, 0.3) is 0 Å². The molecule has 134 valence electrons. The van der Waals surface area contributed by atoms with Gasteiger partial charge in [0.15, 0.2) is 5.96 Å². The standard InChI is InChI=1S/C18H30N4O2/c1-6-13-11-12-15(24-10-5)14(7-2)16(13)21-18(23)22-17(19-8-3)20-9-4/h11-12H,6-10H2,1-5H3,(H3,19,20,21,22,23). The van der Waals surface area contributed by atoms with Gasteiger partial charge in [0.05, 0.1) is 12.3 Å². The molecule has 0 bridgehead atoms. The number of hydrogen-bond donors (Lipinski definition) is 3. The lowest BCUT2D eigenvalue weighted by molar-refractivity contribution is 0.256. The number of nitrogens with one attached hydrogen (secondary N) is 3. The topological polar surface area (TPSA) is 74.8 Å². The van der Waals surface area contributed by atoms with Crippen LogP contribution in [-0.4, -0.2) is 31.7 Å². The SMILES string of the molecule is CCN=C(NCC)NC(=O)Nc1c(CC)ccc(OCC)c1CC. The fourth-order valence-corrected chi connectivity index (χ4v) is 2.49. The Bertz CT molecular complexity index is 570. The van der Waals surface area contributed by atoms with Gasteiger partial charge in [-0.25, -0.2) is 4.79 Å². The van der Waals surface area contributed by atoms with E-state index in [0.29, 0.717) is 25.7 Å². The van der Waals surface area contributed by atoms with Gasteiger partial charge in [-0.1, -0.05) is 19.9 Å². The molecule has 3 N–H and O–H groups in total. The van der Waals surface area contributed by atoms with Gasteiger partial charge >= 0.3 is 6.03 Å². The molecule has 0 heterocycles. The molecule has 1 rings (SSSR count). The number of ether oxygens (including phenoxy) is 1. The first-order valence-electron chi connectivity index (χ1n) is 8.74. The predicted molar refractivity (Wildman–Crippen MR) is 100 cm³/mol. The van der Waals surface area contributed by atoms with Crippen molar-refractivity contribution in [1.29, 1.82) is 0 Å². The van der Waals surface area contributed by atoms with Crippen LogP contribution in [0.2, 0.25) is 0 Å². The number of hydrogen-bond acceptors (Lipinski definition) is 3. The summed E-state index contributed by atoms with van der Waals surface area (Å²) in [6.07, 6.45) is 1.61. The maximum atomic E-state index is 12.4. The van der Waals surface area contributed by atoms with Crippen LogP contribution in [0.5, 0.6) is 5.75 Å². The van der Waals surface area contributed by atoms with Crippen LogP contribution >= 0.6 is 0 Å². The molecule has 0 atom stereocenters.